The van der Waals surface area contributed by atoms with Crippen LogP contribution in [-0.2, 0) is 9.59 Å². The first kappa shape index (κ1) is 11.3. The summed E-state index contributed by atoms with van der Waals surface area (Å²) in [5.74, 6) is -0.559. The summed E-state index contributed by atoms with van der Waals surface area (Å²) in [4.78, 5) is 25.4. The van der Waals surface area contributed by atoms with Gasteiger partial charge in [-0.15, -0.1) is 0 Å². The van der Waals surface area contributed by atoms with E-state index >= 15 is 0 Å². The highest BCUT2D eigenvalue weighted by Crippen LogP contribution is 2.36. The first-order valence-corrected chi connectivity index (χ1v) is 5.83. The molecular weight excluding hydrogens is 206 g/mol. The number of hydrogen-bond acceptors (Lipinski definition) is 3. The van der Waals surface area contributed by atoms with Crippen LogP contribution in [0.15, 0.2) is 12.2 Å². The Morgan fingerprint density at radius 2 is 1.81 bits per heavy atom. The van der Waals surface area contributed by atoms with Crippen LogP contribution >= 0.6 is 0 Å². The molecule has 2 amide bonds. The fourth-order valence-corrected chi connectivity index (χ4v) is 2.58. The molecular formula is C12H17NO3. The summed E-state index contributed by atoms with van der Waals surface area (Å²) in [5.41, 5.74) is 0. The first-order valence-electron chi connectivity index (χ1n) is 5.83. The Morgan fingerprint density at radius 1 is 1.31 bits per heavy atom. The van der Waals surface area contributed by atoms with E-state index in [0.717, 1.165) is 0 Å². The van der Waals surface area contributed by atoms with Gasteiger partial charge in [-0.2, -0.15) is 0 Å². The Labute approximate surface area is 94.9 Å². The van der Waals surface area contributed by atoms with Gasteiger partial charge in [0.2, 0.25) is 11.8 Å². The van der Waals surface area contributed by atoms with Crippen molar-refractivity contribution in [1.82, 2.24) is 4.90 Å². The van der Waals surface area contributed by atoms with E-state index in [-0.39, 0.29) is 36.3 Å². The third-order valence-electron chi connectivity index (χ3n) is 3.59. The highest BCUT2D eigenvalue weighted by molar-refractivity contribution is 6.05. The largest absolute Gasteiger partial charge is 0.394 e. The van der Waals surface area contributed by atoms with Crippen LogP contribution in [0.4, 0.5) is 0 Å². The summed E-state index contributed by atoms with van der Waals surface area (Å²) >= 11 is 0. The first-order chi connectivity index (χ1) is 7.70. The summed E-state index contributed by atoms with van der Waals surface area (Å²) in [6.45, 7) is 1.74. The van der Waals surface area contributed by atoms with Crippen molar-refractivity contribution in [3.05, 3.63) is 12.2 Å². The fraction of sp³-hybridized carbons (Fsp3) is 0.667. The lowest BCUT2D eigenvalue weighted by Gasteiger charge is -2.23. The number of likely N-dealkylation sites (tertiary alicyclic amines) is 1. The molecule has 4 heteroatoms. The second kappa shape index (κ2) is 4.37. The van der Waals surface area contributed by atoms with Gasteiger partial charge in [0.25, 0.3) is 0 Å². The molecule has 1 aliphatic heterocycles. The van der Waals surface area contributed by atoms with Crippen molar-refractivity contribution in [1.29, 1.82) is 0 Å². The molecule has 1 heterocycles. The second-order valence-electron chi connectivity index (χ2n) is 4.45. The van der Waals surface area contributed by atoms with Crippen molar-refractivity contribution >= 4 is 11.8 Å². The monoisotopic (exact) mass is 223 g/mol. The van der Waals surface area contributed by atoms with Crippen LogP contribution in [0.3, 0.4) is 0 Å². The lowest BCUT2D eigenvalue weighted by molar-refractivity contribution is -0.143. The van der Waals surface area contributed by atoms with Crippen LogP contribution < -0.4 is 0 Å². The second-order valence-corrected chi connectivity index (χ2v) is 4.45. The number of carbonyl (C=O) groups excluding carboxylic acids is 2. The zero-order valence-corrected chi connectivity index (χ0v) is 9.43. The van der Waals surface area contributed by atoms with Crippen molar-refractivity contribution in [2.75, 3.05) is 6.61 Å². The highest BCUT2D eigenvalue weighted by atomic mass is 16.3. The number of imide groups is 1. The van der Waals surface area contributed by atoms with E-state index in [4.69, 9.17) is 0 Å². The Bertz CT molecular complexity index is 307. The van der Waals surface area contributed by atoms with E-state index in [1.165, 1.54) is 4.90 Å². The highest BCUT2D eigenvalue weighted by Gasteiger charge is 2.49. The normalized spacial score (nSPS) is 30.8. The number of hydrogen-bond donors (Lipinski definition) is 1. The van der Waals surface area contributed by atoms with E-state index in [0.29, 0.717) is 19.3 Å². The number of fused-ring (bicyclic) bond motifs is 1. The minimum atomic E-state index is -0.342. The van der Waals surface area contributed by atoms with Gasteiger partial charge in [0.05, 0.1) is 24.5 Å². The summed E-state index contributed by atoms with van der Waals surface area (Å²) in [5, 5.41) is 9.19. The molecule has 2 rings (SSSR count). The van der Waals surface area contributed by atoms with Crippen molar-refractivity contribution < 1.29 is 14.7 Å². The SMILES string of the molecule is CC[C@H](CO)N1C(=O)[C@H]2CC=CC[C@H]2C1=O. The number of allylic oxidation sites excluding steroid dienone is 2. The molecule has 0 aromatic rings. The van der Waals surface area contributed by atoms with E-state index in [2.05, 4.69) is 0 Å². The number of rotatable bonds is 3. The number of aliphatic hydroxyl groups is 1. The van der Waals surface area contributed by atoms with E-state index in [1.807, 2.05) is 19.1 Å². The standard InChI is InChI=1S/C12H17NO3/c1-2-8(7-14)13-11(15)9-5-3-4-6-10(9)12(13)16/h3-4,8-10,14H,2,5-7H2,1H3/t8-,9-,10+/m1/s1. The quantitative estimate of drug-likeness (QED) is 0.566. The lowest BCUT2D eigenvalue weighted by Crippen LogP contribution is -2.42. The molecule has 1 saturated heterocycles. The van der Waals surface area contributed by atoms with Crippen molar-refractivity contribution in [3.63, 3.8) is 0 Å². The molecule has 0 saturated carbocycles. The molecule has 0 unspecified atom stereocenters. The Balaban J connectivity index is 2.23. The Morgan fingerprint density at radius 3 is 2.19 bits per heavy atom. The van der Waals surface area contributed by atoms with Gasteiger partial charge in [-0.1, -0.05) is 19.1 Å². The fourth-order valence-electron chi connectivity index (χ4n) is 2.58. The molecule has 1 fully saturated rings. The Kier molecular flexibility index (Phi) is 3.10. The van der Waals surface area contributed by atoms with Crippen LogP contribution in [0, 0.1) is 11.8 Å². The molecule has 88 valence electrons. The van der Waals surface area contributed by atoms with Crippen LogP contribution in [0.25, 0.3) is 0 Å². The maximum absolute atomic E-state index is 12.1. The molecule has 16 heavy (non-hydrogen) atoms. The third kappa shape index (κ3) is 1.57. The van der Waals surface area contributed by atoms with Crippen LogP contribution in [-0.4, -0.2) is 34.5 Å². The smallest absolute Gasteiger partial charge is 0.233 e. The maximum atomic E-state index is 12.1. The van der Waals surface area contributed by atoms with Gasteiger partial charge in [0.1, 0.15) is 0 Å². The summed E-state index contributed by atoms with van der Waals surface area (Å²) in [6.07, 6.45) is 5.87. The molecule has 4 nitrogen and oxygen atoms in total. The summed E-state index contributed by atoms with van der Waals surface area (Å²) < 4.78 is 0. The minimum Gasteiger partial charge on any atom is -0.394 e. The molecule has 1 N–H and O–H groups in total. The molecule has 0 spiro atoms. The molecule has 3 atom stereocenters. The molecule has 0 bridgehead atoms. The number of carbonyl (C=O) groups is 2. The summed E-state index contributed by atoms with van der Waals surface area (Å²) in [7, 11) is 0. The lowest BCUT2D eigenvalue weighted by atomic mass is 9.85. The molecule has 2 aliphatic rings. The van der Waals surface area contributed by atoms with Gasteiger partial charge in [0.15, 0.2) is 0 Å². The van der Waals surface area contributed by atoms with Crippen molar-refractivity contribution in [2.45, 2.75) is 32.2 Å². The van der Waals surface area contributed by atoms with Crippen molar-refractivity contribution in [2.24, 2.45) is 11.8 Å². The molecule has 0 aromatic carbocycles. The van der Waals surface area contributed by atoms with E-state index < -0.39 is 0 Å². The van der Waals surface area contributed by atoms with Gasteiger partial charge < -0.3 is 5.11 Å². The van der Waals surface area contributed by atoms with E-state index in [1.54, 1.807) is 0 Å². The average molecular weight is 223 g/mol. The zero-order chi connectivity index (χ0) is 11.7. The van der Waals surface area contributed by atoms with Gasteiger partial charge in [-0.3, -0.25) is 14.5 Å². The van der Waals surface area contributed by atoms with Crippen LogP contribution in [0.1, 0.15) is 26.2 Å². The van der Waals surface area contributed by atoms with Crippen LogP contribution in [0.2, 0.25) is 0 Å². The maximum Gasteiger partial charge on any atom is 0.233 e. The predicted octanol–water partition coefficient (Wildman–Crippen LogP) is 0.708. The third-order valence-corrected chi connectivity index (χ3v) is 3.59. The average Bonchev–Trinajstić information content (AvgIpc) is 2.57. The van der Waals surface area contributed by atoms with Gasteiger partial charge >= 0.3 is 0 Å². The van der Waals surface area contributed by atoms with Crippen molar-refractivity contribution in [3.8, 4) is 0 Å². The summed E-state index contributed by atoms with van der Waals surface area (Å²) in [6, 6.07) is -0.342. The van der Waals surface area contributed by atoms with E-state index in [9.17, 15) is 14.7 Å². The molecule has 0 radical (unpaired) electrons. The van der Waals surface area contributed by atoms with Gasteiger partial charge in [0, 0.05) is 0 Å². The van der Waals surface area contributed by atoms with Gasteiger partial charge in [-0.25, -0.2) is 0 Å². The van der Waals surface area contributed by atoms with Crippen LogP contribution in [0.5, 0.6) is 0 Å². The zero-order valence-electron chi connectivity index (χ0n) is 9.43. The number of nitrogens with zero attached hydrogens (tertiary/aromatic N) is 1. The van der Waals surface area contributed by atoms with Gasteiger partial charge in [-0.05, 0) is 19.3 Å². The topological polar surface area (TPSA) is 57.6 Å². The number of amides is 2. The number of aliphatic hydroxyl groups excluding tert-OH is 1. The molecule has 1 aliphatic carbocycles. The predicted molar refractivity (Wildman–Crippen MR) is 58.4 cm³/mol. The Hall–Kier alpha value is -1.16. The molecule has 0 aromatic heterocycles. The minimum absolute atomic E-state index is 0.0970.